The molecule has 9 heteroatoms. The number of halogens is 3. The molecule has 0 aliphatic heterocycles. The number of amides is 1. The molecule has 0 saturated carbocycles. The Labute approximate surface area is 170 Å². The van der Waals surface area contributed by atoms with Gasteiger partial charge < -0.3 is 15.6 Å². The molecule has 0 unspecified atom stereocenters. The lowest BCUT2D eigenvalue weighted by Crippen LogP contribution is -2.04. The van der Waals surface area contributed by atoms with Gasteiger partial charge in [0.15, 0.2) is 0 Å². The van der Waals surface area contributed by atoms with E-state index in [9.17, 15) is 18.0 Å². The summed E-state index contributed by atoms with van der Waals surface area (Å²) in [5.74, 6) is 0. The quantitative estimate of drug-likeness (QED) is 0.414. The second-order valence-corrected chi connectivity index (χ2v) is 6.12. The van der Waals surface area contributed by atoms with Crippen LogP contribution in [0, 0.1) is 0 Å². The fourth-order valence-electron chi connectivity index (χ4n) is 2.69. The molecule has 0 saturated heterocycles. The van der Waals surface area contributed by atoms with E-state index in [1.54, 1.807) is 25.6 Å². The Bertz CT molecular complexity index is 1110. The van der Waals surface area contributed by atoms with Crippen LogP contribution in [-0.2, 0) is 11.0 Å². The van der Waals surface area contributed by atoms with Gasteiger partial charge in [-0.2, -0.15) is 13.2 Å². The van der Waals surface area contributed by atoms with Crippen LogP contribution in [0.1, 0.15) is 5.56 Å². The number of aromatic amines is 1. The average Bonchev–Trinajstić information content (AvgIpc) is 3.17. The molecule has 1 aromatic carbocycles. The Kier molecular flexibility index (Phi) is 6.31. The first-order valence-corrected chi connectivity index (χ1v) is 8.86. The molecule has 3 heterocycles. The molecule has 4 rings (SSSR count). The summed E-state index contributed by atoms with van der Waals surface area (Å²) < 4.78 is 36.0. The van der Waals surface area contributed by atoms with Crippen molar-refractivity contribution in [2.45, 2.75) is 6.18 Å². The standard InChI is InChI=1S/C13H10N4O.C8H8F3N/c18-8-16-12-7-15-13-10(12)3-4-11(17-13)9-2-1-5-14-6-9;1-12-7-4-2-6(3-5-7)8(9,10)11/h1-8H,(H,15,17)(H,16,18);2-5,12H,1H3. The molecule has 0 fully saturated rings. The number of pyridine rings is 2. The lowest BCUT2D eigenvalue weighted by Gasteiger charge is -2.06. The molecule has 0 radical (unpaired) electrons. The van der Waals surface area contributed by atoms with Crippen LogP contribution in [0.5, 0.6) is 0 Å². The topological polar surface area (TPSA) is 82.7 Å². The minimum atomic E-state index is -4.24. The van der Waals surface area contributed by atoms with Gasteiger partial charge in [-0.1, -0.05) is 0 Å². The number of hydrogen-bond donors (Lipinski definition) is 3. The van der Waals surface area contributed by atoms with Gasteiger partial charge in [-0.15, -0.1) is 0 Å². The lowest BCUT2D eigenvalue weighted by atomic mass is 10.2. The SMILES string of the molecule is CNc1ccc(C(F)(F)F)cc1.O=CNc1c[nH]c2nc(-c3cccnc3)ccc12. The van der Waals surface area contributed by atoms with E-state index in [0.29, 0.717) is 12.1 Å². The Morgan fingerprint density at radius 1 is 1.07 bits per heavy atom. The van der Waals surface area contributed by atoms with E-state index in [0.717, 1.165) is 40.1 Å². The molecular weight excluding hydrogens is 395 g/mol. The molecule has 30 heavy (non-hydrogen) atoms. The number of hydrogen-bond acceptors (Lipinski definition) is 4. The third-order valence-electron chi connectivity index (χ3n) is 4.21. The first kappa shape index (κ1) is 20.8. The summed E-state index contributed by atoms with van der Waals surface area (Å²) in [4.78, 5) is 22.0. The van der Waals surface area contributed by atoms with E-state index in [1.807, 2.05) is 24.3 Å². The number of alkyl halides is 3. The molecule has 6 nitrogen and oxygen atoms in total. The Morgan fingerprint density at radius 2 is 1.83 bits per heavy atom. The molecule has 1 amide bonds. The Hall–Kier alpha value is -3.88. The number of rotatable bonds is 4. The number of carbonyl (C=O) groups is 1. The molecule has 3 aromatic heterocycles. The van der Waals surface area contributed by atoms with Gasteiger partial charge in [0.25, 0.3) is 0 Å². The van der Waals surface area contributed by atoms with Crippen molar-refractivity contribution in [2.75, 3.05) is 17.7 Å². The van der Waals surface area contributed by atoms with Crippen LogP contribution in [0.3, 0.4) is 0 Å². The molecule has 154 valence electrons. The maximum atomic E-state index is 12.0. The number of fused-ring (bicyclic) bond motifs is 1. The van der Waals surface area contributed by atoms with Crippen molar-refractivity contribution in [3.05, 3.63) is 72.7 Å². The first-order valence-electron chi connectivity index (χ1n) is 8.86. The van der Waals surface area contributed by atoms with Gasteiger partial charge in [0, 0.05) is 42.3 Å². The van der Waals surface area contributed by atoms with Gasteiger partial charge in [0.1, 0.15) is 5.65 Å². The third kappa shape index (κ3) is 4.93. The van der Waals surface area contributed by atoms with Crippen LogP contribution < -0.4 is 10.6 Å². The summed E-state index contributed by atoms with van der Waals surface area (Å²) in [5, 5.41) is 6.25. The van der Waals surface area contributed by atoms with Gasteiger partial charge in [-0.05, 0) is 48.5 Å². The van der Waals surface area contributed by atoms with Crippen LogP contribution in [0.25, 0.3) is 22.3 Å². The fourth-order valence-corrected chi connectivity index (χ4v) is 2.69. The molecule has 0 atom stereocenters. The van der Waals surface area contributed by atoms with Gasteiger partial charge in [0.2, 0.25) is 6.41 Å². The van der Waals surface area contributed by atoms with Crippen molar-refractivity contribution in [2.24, 2.45) is 0 Å². The van der Waals surface area contributed by atoms with Crippen molar-refractivity contribution >= 4 is 28.8 Å². The van der Waals surface area contributed by atoms with Gasteiger partial charge >= 0.3 is 6.18 Å². The monoisotopic (exact) mass is 413 g/mol. The largest absolute Gasteiger partial charge is 0.416 e. The number of aromatic nitrogens is 3. The van der Waals surface area contributed by atoms with Crippen molar-refractivity contribution in [3.8, 4) is 11.3 Å². The zero-order chi connectivity index (χ0) is 21.6. The number of H-pyrrole nitrogens is 1. The predicted molar refractivity (Wildman–Crippen MR) is 110 cm³/mol. The number of nitrogens with one attached hydrogen (secondary N) is 3. The Morgan fingerprint density at radius 3 is 2.43 bits per heavy atom. The number of anilines is 2. The average molecular weight is 413 g/mol. The summed E-state index contributed by atoms with van der Waals surface area (Å²) >= 11 is 0. The van der Waals surface area contributed by atoms with Crippen LogP contribution in [0.2, 0.25) is 0 Å². The maximum absolute atomic E-state index is 12.0. The molecule has 0 spiro atoms. The Balaban J connectivity index is 0.000000187. The summed E-state index contributed by atoms with van der Waals surface area (Å²) in [6.45, 7) is 0. The van der Waals surface area contributed by atoms with E-state index in [-0.39, 0.29) is 0 Å². The number of benzene rings is 1. The fraction of sp³-hybridized carbons (Fsp3) is 0.0952. The van der Waals surface area contributed by atoms with E-state index >= 15 is 0 Å². The zero-order valence-corrected chi connectivity index (χ0v) is 15.9. The third-order valence-corrected chi connectivity index (χ3v) is 4.21. The van der Waals surface area contributed by atoms with E-state index < -0.39 is 11.7 Å². The molecule has 3 N–H and O–H groups in total. The summed E-state index contributed by atoms with van der Waals surface area (Å²) in [7, 11) is 1.66. The van der Waals surface area contributed by atoms with Crippen LogP contribution >= 0.6 is 0 Å². The first-order chi connectivity index (χ1) is 14.4. The second-order valence-electron chi connectivity index (χ2n) is 6.12. The van der Waals surface area contributed by atoms with E-state index in [1.165, 1.54) is 12.1 Å². The molecule has 0 aliphatic rings. The normalized spacial score (nSPS) is 10.8. The highest BCUT2D eigenvalue weighted by Crippen LogP contribution is 2.29. The summed E-state index contributed by atoms with van der Waals surface area (Å²) in [6.07, 6.45) is 1.62. The minimum Gasteiger partial charge on any atom is -0.388 e. The molecular formula is C21H18F3N5O. The van der Waals surface area contributed by atoms with Crippen molar-refractivity contribution < 1.29 is 18.0 Å². The van der Waals surface area contributed by atoms with Gasteiger partial charge in [-0.3, -0.25) is 9.78 Å². The molecule has 0 aliphatic carbocycles. The van der Waals surface area contributed by atoms with Crippen LogP contribution in [0.4, 0.5) is 24.5 Å². The molecule has 4 aromatic rings. The predicted octanol–water partition coefficient (Wildman–Crippen LogP) is 4.94. The minimum absolute atomic E-state index is 0.624. The van der Waals surface area contributed by atoms with Crippen LogP contribution in [0.15, 0.2) is 67.1 Å². The van der Waals surface area contributed by atoms with Crippen molar-refractivity contribution in [1.29, 1.82) is 0 Å². The van der Waals surface area contributed by atoms with Crippen molar-refractivity contribution in [1.82, 2.24) is 15.0 Å². The van der Waals surface area contributed by atoms with E-state index in [2.05, 4.69) is 25.6 Å². The zero-order valence-electron chi connectivity index (χ0n) is 15.9. The highest BCUT2D eigenvalue weighted by atomic mass is 19.4. The number of carbonyl (C=O) groups excluding carboxylic acids is 1. The summed E-state index contributed by atoms with van der Waals surface area (Å²) in [5.41, 5.74) is 3.31. The molecule has 0 bridgehead atoms. The van der Waals surface area contributed by atoms with E-state index in [4.69, 9.17) is 0 Å². The van der Waals surface area contributed by atoms with Crippen LogP contribution in [-0.4, -0.2) is 28.4 Å². The maximum Gasteiger partial charge on any atom is 0.416 e. The van der Waals surface area contributed by atoms with Gasteiger partial charge in [-0.25, -0.2) is 4.98 Å². The second kappa shape index (κ2) is 9.08. The lowest BCUT2D eigenvalue weighted by molar-refractivity contribution is -0.137. The highest BCUT2D eigenvalue weighted by molar-refractivity contribution is 5.95. The van der Waals surface area contributed by atoms with Gasteiger partial charge in [0.05, 0.1) is 16.9 Å². The highest BCUT2D eigenvalue weighted by Gasteiger charge is 2.29. The van der Waals surface area contributed by atoms with Crippen molar-refractivity contribution in [3.63, 3.8) is 0 Å². The smallest absolute Gasteiger partial charge is 0.388 e. The summed E-state index contributed by atoms with van der Waals surface area (Å²) in [6, 6.07) is 12.5. The number of nitrogens with zero attached hydrogens (tertiary/aromatic N) is 2.